The van der Waals surface area contributed by atoms with Gasteiger partial charge in [-0.25, -0.2) is 4.99 Å². The molecule has 0 bridgehead atoms. The van der Waals surface area contributed by atoms with Gasteiger partial charge in [0.1, 0.15) is 6.54 Å². The Hall–Kier alpha value is -1.26. The second-order valence-electron chi connectivity index (χ2n) is 7.54. The van der Waals surface area contributed by atoms with Crippen molar-refractivity contribution in [3.8, 4) is 0 Å². The van der Waals surface area contributed by atoms with Crippen LogP contribution in [0.1, 0.15) is 60.8 Å². The average Bonchev–Trinajstić information content (AvgIpc) is 2.92. The fourth-order valence-electron chi connectivity index (χ4n) is 3.35. The molecule has 0 saturated carbocycles. The molecule has 0 radical (unpaired) electrons. The molecule has 0 aromatic rings. The van der Waals surface area contributed by atoms with Crippen LogP contribution in [0.2, 0.25) is 0 Å². The summed E-state index contributed by atoms with van der Waals surface area (Å²) in [4.78, 5) is 18.8. The number of carbonyl (C=O) groups is 1. The Morgan fingerprint density at radius 1 is 1.26 bits per heavy atom. The predicted molar refractivity (Wildman–Crippen MR) is 97.6 cm³/mol. The molecule has 1 rings (SSSR count). The van der Waals surface area contributed by atoms with E-state index >= 15 is 0 Å². The van der Waals surface area contributed by atoms with Crippen LogP contribution in [0, 0.1) is 11.8 Å². The van der Waals surface area contributed by atoms with Crippen molar-refractivity contribution in [3.63, 3.8) is 0 Å². The Labute approximate surface area is 142 Å². The van der Waals surface area contributed by atoms with Gasteiger partial charge in [-0.3, -0.25) is 4.79 Å². The first kappa shape index (κ1) is 19.8. The lowest BCUT2D eigenvalue weighted by atomic mass is 9.87. The summed E-state index contributed by atoms with van der Waals surface area (Å²) in [6, 6.07) is 0. The van der Waals surface area contributed by atoms with E-state index in [2.05, 4.69) is 41.3 Å². The zero-order chi connectivity index (χ0) is 17.5. The van der Waals surface area contributed by atoms with E-state index in [1.807, 2.05) is 20.8 Å². The third-order valence-electron chi connectivity index (χ3n) is 4.46. The summed E-state index contributed by atoms with van der Waals surface area (Å²) < 4.78 is 0. The van der Waals surface area contributed by atoms with E-state index in [1.165, 1.54) is 19.3 Å². The van der Waals surface area contributed by atoms with Gasteiger partial charge in [0.05, 0.1) is 0 Å². The molecule has 1 saturated heterocycles. The molecule has 1 atom stereocenters. The maximum absolute atomic E-state index is 12.0. The van der Waals surface area contributed by atoms with E-state index in [9.17, 15) is 4.79 Å². The van der Waals surface area contributed by atoms with Gasteiger partial charge < -0.3 is 15.5 Å². The van der Waals surface area contributed by atoms with E-state index in [-0.39, 0.29) is 18.0 Å². The number of likely N-dealkylation sites (tertiary alicyclic amines) is 1. The molecule has 1 aliphatic rings. The van der Waals surface area contributed by atoms with Crippen molar-refractivity contribution in [1.82, 2.24) is 15.5 Å². The van der Waals surface area contributed by atoms with E-state index in [0.717, 1.165) is 37.4 Å². The topological polar surface area (TPSA) is 56.7 Å². The molecule has 1 unspecified atom stereocenters. The maximum Gasteiger partial charge on any atom is 0.242 e. The number of rotatable bonds is 6. The highest BCUT2D eigenvalue weighted by Gasteiger charge is 2.29. The SMILES string of the molecule is CCNC(=NCC(=O)NC(C)(C)C)N1CCC(C(CC)CC)C1. The van der Waals surface area contributed by atoms with E-state index in [1.54, 1.807) is 0 Å². The summed E-state index contributed by atoms with van der Waals surface area (Å²) >= 11 is 0. The van der Waals surface area contributed by atoms with Crippen molar-refractivity contribution >= 4 is 11.9 Å². The first-order valence-electron chi connectivity index (χ1n) is 9.14. The van der Waals surface area contributed by atoms with Crippen LogP contribution in [0.15, 0.2) is 4.99 Å². The highest BCUT2D eigenvalue weighted by molar-refractivity contribution is 5.85. The number of nitrogens with zero attached hydrogens (tertiary/aromatic N) is 2. The molecule has 1 amide bonds. The minimum atomic E-state index is -0.209. The second-order valence-corrected chi connectivity index (χ2v) is 7.54. The summed E-state index contributed by atoms with van der Waals surface area (Å²) in [7, 11) is 0. The van der Waals surface area contributed by atoms with Crippen molar-refractivity contribution in [2.75, 3.05) is 26.2 Å². The summed E-state index contributed by atoms with van der Waals surface area (Å²) in [6.45, 7) is 15.7. The summed E-state index contributed by atoms with van der Waals surface area (Å²) in [5.74, 6) is 2.40. The summed E-state index contributed by atoms with van der Waals surface area (Å²) in [5, 5.41) is 6.29. The number of amides is 1. The number of hydrogen-bond acceptors (Lipinski definition) is 2. The molecule has 1 fully saturated rings. The first-order chi connectivity index (χ1) is 10.8. The quantitative estimate of drug-likeness (QED) is 0.583. The lowest BCUT2D eigenvalue weighted by Crippen LogP contribution is -2.44. The van der Waals surface area contributed by atoms with Gasteiger partial charge in [-0.15, -0.1) is 0 Å². The Morgan fingerprint density at radius 3 is 2.43 bits per heavy atom. The van der Waals surface area contributed by atoms with Crippen LogP contribution in [0.5, 0.6) is 0 Å². The standard InChI is InChI=1S/C18H36N4O/c1-7-14(8-2)15-10-11-22(13-15)17(19-9-3)20-12-16(23)21-18(4,5)6/h14-15H,7-13H2,1-6H3,(H,19,20)(H,21,23). The molecule has 2 N–H and O–H groups in total. The Morgan fingerprint density at radius 2 is 1.91 bits per heavy atom. The Balaban J connectivity index is 2.64. The minimum absolute atomic E-state index is 0.0244. The normalized spacial score (nSPS) is 19.3. The van der Waals surface area contributed by atoms with Crippen LogP contribution in [-0.2, 0) is 4.79 Å². The largest absolute Gasteiger partial charge is 0.357 e. The van der Waals surface area contributed by atoms with Crippen molar-refractivity contribution in [2.45, 2.75) is 66.3 Å². The molecule has 0 aromatic carbocycles. The molecule has 5 nitrogen and oxygen atoms in total. The van der Waals surface area contributed by atoms with Crippen LogP contribution in [0.3, 0.4) is 0 Å². The summed E-state index contributed by atoms with van der Waals surface area (Å²) in [6.07, 6.45) is 3.72. The third-order valence-corrected chi connectivity index (χ3v) is 4.46. The molecule has 5 heteroatoms. The Bertz CT molecular complexity index is 396. The molecular formula is C18H36N4O. The van der Waals surface area contributed by atoms with Gasteiger partial charge in [0, 0.05) is 25.2 Å². The first-order valence-corrected chi connectivity index (χ1v) is 9.14. The molecule has 1 heterocycles. The number of guanidine groups is 1. The van der Waals surface area contributed by atoms with Gasteiger partial charge in [0.2, 0.25) is 5.91 Å². The van der Waals surface area contributed by atoms with Crippen LogP contribution in [0.25, 0.3) is 0 Å². The molecule has 23 heavy (non-hydrogen) atoms. The lowest BCUT2D eigenvalue weighted by molar-refractivity contribution is -0.121. The van der Waals surface area contributed by atoms with Crippen LogP contribution in [0.4, 0.5) is 0 Å². The molecule has 0 aromatic heterocycles. The molecule has 1 aliphatic heterocycles. The number of carbonyl (C=O) groups excluding carboxylic acids is 1. The van der Waals surface area contributed by atoms with Crippen molar-refractivity contribution in [3.05, 3.63) is 0 Å². The zero-order valence-corrected chi connectivity index (χ0v) is 15.9. The van der Waals surface area contributed by atoms with Crippen molar-refractivity contribution < 1.29 is 4.79 Å². The van der Waals surface area contributed by atoms with Crippen molar-refractivity contribution in [2.24, 2.45) is 16.8 Å². The van der Waals surface area contributed by atoms with Gasteiger partial charge >= 0.3 is 0 Å². The minimum Gasteiger partial charge on any atom is -0.357 e. The second kappa shape index (κ2) is 9.14. The van der Waals surface area contributed by atoms with E-state index in [4.69, 9.17) is 0 Å². The van der Waals surface area contributed by atoms with Gasteiger partial charge in [-0.2, -0.15) is 0 Å². The number of hydrogen-bond donors (Lipinski definition) is 2. The van der Waals surface area contributed by atoms with Crippen LogP contribution >= 0.6 is 0 Å². The highest BCUT2D eigenvalue weighted by Crippen LogP contribution is 2.28. The Kier molecular flexibility index (Phi) is 7.86. The zero-order valence-electron chi connectivity index (χ0n) is 15.9. The van der Waals surface area contributed by atoms with Crippen LogP contribution in [-0.4, -0.2) is 48.5 Å². The molecule has 134 valence electrons. The van der Waals surface area contributed by atoms with Gasteiger partial charge in [0.15, 0.2) is 5.96 Å². The van der Waals surface area contributed by atoms with Gasteiger partial charge in [0.25, 0.3) is 0 Å². The lowest BCUT2D eigenvalue weighted by Gasteiger charge is -2.24. The van der Waals surface area contributed by atoms with E-state index in [0.29, 0.717) is 0 Å². The molecule has 0 spiro atoms. The van der Waals surface area contributed by atoms with Crippen molar-refractivity contribution in [1.29, 1.82) is 0 Å². The fraction of sp³-hybridized carbons (Fsp3) is 0.889. The number of nitrogens with one attached hydrogen (secondary N) is 2. The smallest absolute Gasteiger partial charge is 0.242 e. The van der Waals surface area contributed by atoms with Crippen LogP contribution < -0.4 is 10.6 Å². The predicted octanol–water partition coefficient (Wildman–Crippen LogP) is 2.62. The third kappa shape index (κ3) is 6.80. The highest BCUT2D eigenvalue weighted by atomic mass is 16.2. The molecule has 0 aliphatic carbocycles. The van der Waals surface area contributed by atoms with Gasteiger partial charge in [-0.05, 0) is 46.0 Å². The summed E-state index contributed by atoms with van der Waals surface area (Å²) in [5.41, 5.74) is -0.209. The monoisotopic (exact) mass is 324 g/mol. The van der Waals surface area contributed by atoms with E-state index < -0.39 is 0 Å². The van der Waals surface area contributed by atoms with Gasteiger partial charge in [-0.1, -0.05) is 26.7 Å². The average molecular weight is 325 g/mol. The molecular weight excluding hydrogens is 288 g/mol. The maximum atomic E-state index is 12.0. The number of aliphatic imine (C=N–C) groups is 1. The fourth-order valence-corrected chi connectivity index (χ4v) is 3.35.